The van der Waals surface area contributed by atoms with Crippen LogP contribution >= 0.6 is 0 Å². The van der Waals surface area contributed by atoms with Crippen LogP contribution in [0.2, 0.25) is 0 Å². The van der Waals surface area contributed by atoms with Crippen molar-refractivity contribution in [2.45, 2.75) is 34.1 Å². The summed E-state index contributed by atoms with van der Waals surface area (Å²) in [6, 6.07) is 0. The predicted molar refractivity (Wildman–Crippen MR) is 60.7 cm³/mol. The van der Waals surface area contributed by atoms with Gasteiger partial charge in [0, 0.05) is 26.1 Å². The van der Waals surface area contributed by atoms with E-state index >= 15 is 0 Å². The summed E-state index contributed by atoms with van der Waals surface area (Å²) in [7, 11) is 1.62. The molecule has 0 radical (unpaired) electrons. The number of carboxylic acids is 1. The van der Waals surface area contributed by atoms with E-state index < -0.39 is 5.97 Å². The lowest BCUT2D eigenvalue weighted by molar-refractivity contribution is -0.132. The molecule has 0 spiro atoms. The van der Waals surface area contributed by atoms with Gasteiger partial charge in [-0.2, -0.15) is 0 Å². The minimum absolute atomic E-state index is 0.0792. The number of carboxylic acid groups (broad SMARTS) is 1. The zero-order valence-electron chi connectivity index (χ0n) is 10.2. The molecule has 1 amide bonds. The monoisotopic (exact) mass is 215 g/mol. The second-order valence-corrected chi connectivity index (χ2v) is 3.30. The maximum absolute atomic E-state index is 10.7. The normalized spacial score (nSPS) is 10.1. The molecule has 0 aliphatic rings. The first-order valence-corrected chi connectivity index (χ1v) is 4.98. The van der Waals surface area contributed by atoms with Gasteiger partial charge in [-0.15, -0.1) is 0 Å². The smallest absolute Gasteiger partial charge is 0.331 e. The summed E-state index contributed by atoms with van der Waals surface area (Å²) in [6.45, 7) is 7.52. The molecule has 0 bridgehead atoms. The molecule has 0 atom stereocenters. The molecular weight excluding hydrogens is 194 g/mol. The summed E-state index contributed by atoms with van der Waals surface area (Å²) in [4.78, 5) is 22.4. The highest BCUT2D eigenvalue weighted by Crippen LogP contribution is 1.93. The van der Waals surface area contributed by atoms with E-state index in [1.165, 1.54) is 31.2 Å². The van der Waals surface area contributed by atoms with E-state index in [0.29, 0.717) is 6.54 Å². The van der Waals surface area contributed by atoms with E-state index in [-0.39, 0.29) is 11.5 Å². The number of nitrogens with zero attached hydrogens (tertiary/aromatic N) is 1. The Kier molecular flexibility index (Phi) is 9.94. The summed E-state index contributed by atoms with van der Waals surface area (Å²) in [5.41, 5.74) is 0.253. The van der Waals surface area contributed by atoms with Gasteiger partial charge in [-0.3, -0.25) is 4.79 Å². The Labute approximate surface area is 91.6 Å². The van der Waals surface area contributed by atoms with Crippen LogP contribution in [0.3, 0.4) is 0 Å². The van der Waals surface area contributed by atoms with Gasteiger partial charge in [-0.25, -0.2) is 4.79 Å². The fourth-order valence-corrected chi connectivity index (χ4v) is 0.490. The van der Waals surface area contributed by atoms with E-state index in [1.54, 1.807) is 7.05 Å². The van der Waals surface area contributed by atoms with E-state index in [1.807, 2.05) is 0 Å². The number of likely N-dealkylation sites (N-methyl/N-ethyl adjacent to an activating group) is 1. The van der Waals surface area contributed by atoms with Gasteiger partial charge in [0.15, 0.2) is 0 Å². The van der Waals surface area contributed by atoms with E-state index in [4.69, 9.17) is 5.11 Å². The fraction of sp³-hybridized carbons (Fsp3) is 0.636. The first-order chi connectivity index (χ1) is 6.86. The van der Waals surface area contributed by atoms with E-state index in [9.17, 15) is 9.59 Å². The Balaban J connectivity index is 0. The molecule has 0 saturated heterocycles. The average Bonchev–Trinajstić information content (AvgIpc) is 2.14. The largest absolute Gasteiger partial charge is 0.478 e. The van der Waals surface area contributed by atoms with Crippen molar-refractivity contribution < 1.29 is 14.7 Å². The van der Waals surface area contributed by atoms with Crippen LogP contribution in [0.1, 0.15) is 34.1 Å². The number of amides is 1. The van der Waals surface area contributed by atoms with Gasteiger partial charge in [0.05, 0.1) is 0 Å². The van der Waals surface area contributed by atoms with Gasteiger partial charge >= 0.3 is 5.97 Å². The summed E-state index contributed by atoms with van der Waals surface area (Å²) in [5, 5.41) is 8.46. The Bertz CT molecular complexity index is 234. The molecule has 0 aliphatic carbocycles. The van der Waals surface area contributed by atoms with Crippen LogP contribution in [0, 0.1) is 0 Å². The second kappa shape index (κ2) is 9.24. The molecule has 0 aromatic rings. The summed E-state index contributed by atoms with van der Waals surface area (Å²) < 4.78 is 0. The number of carbonyl (C=O) groups excluding carboxylic acids is 1. The van der Waals surface area contributed by atoms with Crippen molar-refractivity contribution in [3.63, 3.8) is 0 Å². The molecule has 88 valence electrons. The summed E-state index contributed by atoms with van der Waals surface area (Å²) in [6.07, 6.45) is 2.75. The molecule has 0 saturated carbocycles. The number of rotatable bonds is 3. The molecule has 15 heavy (non-hydrogen) atoms. The van der Waals surface area contributed by atoms with Crippen LogP contribution in [-0.4, -0.2) is 35.5 Å². The van der Waals surface area contributed by atoms with Crippen LogP contribution in [-0.2, 0) is 9.59 Å². The van der Waals surface area contributed by atoms with Gasteiger partial charge in [-0.1, -0.05) is 26.3 Å². The van der Waals surface area contributed by atoms with Crippen molar-refractivity contribution in [1.29, 1.82) is 0 Å². The van der Waals surface area contributed by atoms with E-state index in [0.717, 1.165) is 0 Å². The number of carbonyl (C=O) groups is 2. The maximum atomic E-state index is 10.7. The Morgan fingerprint density at radius 3 is 1.93 bits per heavy atom. The van der Waals surface area contributed by atoms with Crippen LogP contribution in [0.5, 0.6) is 0 Å². The zero-order chi connectivity index (χ0) is 12.4. The van der Waals surface area contributed by atoms with Gasteiger partial charge in [0.25, 0.3) is 0 Å². The molecular formula is C11H21NO3. The zero-order valence-corrected chi connectivity index (χ0v) is 10.2. The first kappa shape index (κ1) is 16.1. The standard InChI is InChI=1S/C8H13NO3.C3H8/c1-6(8(11)12)4-5-9(3)7(2)10;1-3-2/h4H,5H2,1-3H3,(H,11,12);3H2,1-2H3/b6-4+;. The predicted octanol–water partition coefficient (Wildman–Crippen LogP) is 1.91. The van der Waals surface area contributed by atoms with Crippen LogP contribution in [0.25, 0.3) is 0 Å². The third-order valence-corrected chi connectivity index (χ3v) is 1.55. The first-order valence-electron chi connectivity index (χ1n) is 4.98. The molecule has 0 aliphatic heterocycles. The molecule has 4 nitrogen and oxygen atoms in total. The van der Waals surface area contributed by atoms with Gasteiger partial charge < -0.3 is 10.0 Å². The molecule has 0 heterocycles. The quantitative estimate of drug-likeness (QED) is 0.732. The highest BCUT2D eigenvalue weighted by Gasteiger charge is 2.02. The van der Waals surface area contributed by atoms with Crippen molar-refractivity contribution >= 4 is 11.9 Å². The summed E-state index contributed by atoms with van der Waals surface area (Å²) in [5.74, 6) is -1.03. The molecule has 0 unspecified atom stereocenters. The molecule has 4 heteroatoms. The van der Waals surface area contributed by atoms with E-state index in [2.05, 4.69) is 13.8 Å². The van der Waals surface area contributed by atoms with Gasteiger partial charge in [0.1, 0.15) is 0 Å². The molecule has 0 fully saturated rings. The van der Waals surface area contributed by atoms with Gasteiger partial charge in [-0.05, 0) is 6.92 Å². The lowest BCUT2D eigenvalue weighted by atomic mass is 10.3. The maximum Gasteiger partial charge on any atom is 0.331 e. The van der Waals surface area contributed by atoms with Crippen molar-refractivity contribution in [1.82, 2.24) is 4.90 Å². The lowest BCUT2D eigenvalue weighted by Crippen LogP contribution is -2.24. The highest BCUT2D eigenvalue weighted by atomic mass is 16.4. The Morgan fingerprint density at radius 1 is 1.27 bits per heavy atom. The SMILES string of the molecule is CC(=O)N(C)C/C=C(\C)C(=O)O.CCC. The average molecular weight is 215 g/mol. The van der Waals surface area contributed by atoms with Crippen molar-refractivity contribution in [3.05, 3.63) is 11.6 Å². The number of aliphatic carboxylic acids is 1. The van der Waals surface area contributed by atoms with Crippen molar-refractivity contribution in [2.75, 3.05) is 13.6 Å². The molecule has 1 N–H and O–H groups in total. The Hall–Kier alpha value is -1.32. The number of hydrogen-bond acceptors (Lipinski definition) is 2. The van der Waals surface area contributed by atoms with Crippen LogP contribution < -0.4 is 0 Å². The Morgan fingerprint density at radius 2 is 1.67 bits per heavy atom. The lowest BCUT2D eigenvalue weighted by Gasteiger charge is -2.11. The molecule has 0 aromatic carbocycles. The third-order valence-electron chi connectivity index (χ3n) is 1.55. The van der Waals surface area contributed by atoms with Gasteiger partial charge in [0.2, 0.25) is 5.91 Å². The fourth-order valence-electron chi connectivity index (χ4n) is 0.490. The van der Waals surface area contributed by atoms with Crippen molar-refractivity contribution in [2.24, 2.45) is 0 Å². The van der Waals surface area contributed by atoms with Crippen LogP contribution in [0.4, 0.5) is 0 Å². The van der Waals surface area contributed by atoms with Crippen LogP contribution in [0.15, 0.2) is 11.6 Å². The highest BCUT2D eigenvalue weighted by molar-refractivity contribution is 5.85. The van der Waals surface area contributed by atoms with Crippen molar-refractivity contribution in [3.8, 4) is 0 Å². The number of hydrogen-bond donors (Lipinski definition) is 1. The minimum atomic E-state index is -0.952. The minimum Gasteiger partial charge on any atom is -0.478 e. The summed E-state index contributed by atoms with van der Waals surface area (Å²) >= 11 is 0. The third kappa shape index (κ3) is 10.6. The topological polar surface area (TPSA) is 57.6 Å². The molecule has 0 rings (SSSR count). The molecule has 0 aromatic heterocycles. The second-order valence-electron chi connectivity index (χ2n) is 3.30.